The molecule has 0 aliphatic carbocycles. The maximum absolute atomic E-state index is 12.2. The van der Waals surface area contributed by atoms with E-state index in [1.165, 1.54) is 11.4 Å². The maximum atomic E-state index is 12.2. The number of sulfonamides is 1. The summed E-state index contributed by atoms with van der Waals surface area (Å²) < 4.78 is 36.0. The summed E-state index contributed by atoms with van der Waals surface area (Å²) in [6.07, 6.45) is 0.277. The third-order valence-electron chi connectivity index (χ3n) is 2.94. The number of ether oxygens (including phenoxy) is 2. The predicted molar refractivity (Wildman–Crippen MR) is 71.2 cm³/mol. The Morgan fingerprint density at radius 1 is 1.47 bits per heavy atom. The Hall–Kier alpha value is -0.660. The molecular weight excluding hydrogens is 270 g/mol. The lowest BCUT2D eigenvalue weighted by molar-refractivity contribution is -0.140. The smallest absolute Gasteiger partial charge is 0.305 e. The summed E-state index contributed by atoms with van der Waals surface area (Å²) in [6, 6.07) is 0. The first-order valence-corrected chi connectivity index (χ1v) is 8.00. The molecule has 0 N–H and O–H groups in total. The number of carbonyl (C=O) groups excluding carboxylic acids is 1. The van der Waals surface area contributed by atoms with Crippen molar-refractivity contribution in [2.45, 2.75) is 45.3 Å². The fourth-order valence-electron chi connectivity index (χ4n) is 2.24. The molecule has 1 aliphatic rings. The van der Waals surface area contributed by atoms with Crippen molar-refractivity contribution in [2.75, 3.05) is 26.0 Å². The molecule has 0 bridgehead atoms. The third-order valence-corrected chi connectivity index (χ3v) is 4.81. The van der Waals surface area contributed by atoms with E-state index in [0.29, 0.717) is 13.1 Å². The van der Waals surface area contributed by atoms with Gasteiger partial charge in [0.25, 0.3) is 0 Å². The SMILES string of the molecule is COC(=O)CCCS(=O)(=O)N1CC(C)OC(C)(C)C1. The van der Waals surface area contributed by atoms with Gasteiger partial charge in [0.1, 0.15) is 0 Å². The zero-order chi connectivity index (χ0) is 14.7. The minimum absolute atomic E-state index is 0.0368. The molecule has 7 heteroatoms. The number of hydrogen-bond acceptors (Lipinski definition) is 5. The molecule has 0 amide bonds. The summed E-state index contributed by atoms with van der Waals surface area (Å²) in [5.41, 5.74) is -0.479. The van der Waals surface area contributed by atoms with Crippen molar-refractivity contribution in [3.8, 4) is 0 Å². The molecule has 1 unspecified atom stereocenters. The van der Waals surface area contributed by atoms with Gasteiger partial charge in [-0.25, -0.2) is 8.42 Å². The highest BCUT2D eigenvalue weighted by atomic mass is 32.2. The number of carbonyl (C=O) groups is 1. The first kappa shape index (κ1) is 16.4. The molecule has 1 rings (SSSR count). The molecule has 0 aromatic carbocycles. The summed E-state index contributed by atoms with van der Waals surface area (Å²) >= 11 is 0. The summed E-state index contributed by atoms with van der Waals surface area (Å²) in [5.74, 6) is -0.420. The highest BCUT2D eigenvalue weighted by molar-refractivity contribution is 7.89. The number of esters is 1. The van der Waals surface area contributed by atoms with Crippen LogP contribution in [0, 0.1) is 0 Å². The van der Waals surface area contributed by atoms with Crippen LogP contribution in [0.3, 0.4) is 0 Å². The molecule has 0 aromatic rings. The van der Waals surface area contributed by atoms with Gasteiger partial charge < -0.3 is 9.47 Å². The molecule has 6 nitrogen and oxygen atoms in total. The van der Waals surface area contributed by atoms with Crippen LogP contribution in [0.2, 0.25) is 0 Å². The van der Waals surface area contributed by atoms with Gasteiger partial charge in [-0.3, -0.25) is 4.79 Å². The van der Waals surface area contributed by atoms with E-state index in [4.69, 9.17) is 4.74 Å². The highest BCUT2D eigenvalue weighted by Gasteiger charge is 2.36. The van der Waals surface area contributed by atoms with E-state index in [9.17, 15) is 13.2 Å². The Kier molecular flexibility index (Phi) is 5.34. The molecule has 0 aromatic heterocycles. The van der Waals surface area contributed by atoms with Gasteiger partial charge in [0.05, 0.1) is 24.6 Å². The standard InChI is InChI=1S/C12H23NO5S/c1-10-8-13(9-12(2,3)18-10)19(15,16)7-5-6-11(14)17-4/h10H,5-9H2,1-4H3. The summed E-state index contributed by atoms with van der Waals surface area (Å²) in [5, 5.41) is 0. The Labute approximate surface area is 115 Å². The van der Waals surface area contributed by atoms with Gasteiger partial charge in [-0.15, -0.1) is 0 Å². The normalized spacial score (nSPS) is 24.1. The molecule has 0 radical (unpaired) electrons. The minimum atomic E-state index is -3.35. The quantitative estimate of drug-likeness (QED) is 0.700. The van der Waals surface area contributed by atoms with Crippen LogP contribution < -0.4 is 0 Å². The van der Waals surface area contributed by atoms with Crippen molar-refractivity contribution in [1.82, 2.24) is 4.31 Å². The van der Waals surface area contributed by atoms with Gasteiger partial charge in [0, 0.05) is 19.5 Å². The van der Waals surface area contributed by atoms with Crippen molar-refractivity contribution in [3.05, 3.63) is 0 Å². The van der Waals surface area contributed by atoms with Gasteiger partial charge in [-0.2, -0.15) is 4.31 Å². The van der Waals surface area contributed by atoms with E-state index in [1.54, 1.807) is 0 Å². The van der Waals surface area contributed by atoms with Crippen LogP contribution >= 0.6 is 0 Å². The van der Waals surface area contributed by atoms with Gasteiger partial charge in [0.2, 0.25) is 10.0 Å². The van der Waals surface area contributed by atoms with Crippen LogP contribution in [0.4, 0.5) is 0 Å². The average Bonchev–Trinajstić information content (AvgIpc) is 2.25. The molecule has 19 heavy (non-hydrogen) atoms. The molecule has 0 saturated carbocycles. The topological polar surface area (TPSA) is 72.9 Å². The predicted octanol–water partition coefficient (Wildman–Crippen LogP) is 0.769. The zero-order valence-corrected chi connectivity index (χ0v) is 12.8. The van der Waals surface area contributed by atoms with Gasteiger partial charge in [0.15, 0.2) is 0 Å². The van der Waals surface area contributed by atoms with Crippen LogP contribution in [0.15, 0.2) is 0 Å². The summed E-state index contributed by atoms with van der Waals surface area (Å²) in [4.78, 5) is 11.0. The molecule has 112 valence electrons. The monoisotopic (exact) mass is 293 g/mol. The van der Waals surface area contributed by atoms with Crippen LogP contribution in [0.5, 0.6) is 0 Å². The van der Waals surface area contributed by atoms with E-state index >= 15 is 0 Å². The Morgan fingerprint density at radius 3 is 2.63 bits per heavy atom. The van der Waals surface area contributed by atoms with Gasteiger partial charge >= 0.3 is 5.97 Å². The third kappa shape index (κ3) is 5.08. The second-order valence-electron chi connectivity index (χ2n) is 5.48. The molecule has 1 saturated heterocycles. The zero-order valence-electron chi connectivity index (χ0n) is 12.0. The molecular formula is C12H23NO5S. The second-order valence-corrected chi connectivity index (χ2v) is 7.56. The molecule has 1 aliphatic heterocycles. The molecule has 1 atom stereocenters. The lowest BCUT2D eigenvalue weighted by Gasteiger charge is -2.40. The summed E-state index contributed by atoms with van der Waals surface area (Å²) in [7, 11) is -2.05. The van der Waals surface area contributed by atoms with Gasteiger partial charge in [-0.05, 0) is 27.2 Å². The molecule has 1 fully saturated rings. The van der Waals surface area contributed by atoms with Crippen LogP contribution in [-0.4, -0.2) is 56.3 Å². The number of methoxy groups -OCH3 is 1. The number of hydrogen-bond donors (Lipinski definition) is 0. The molecule has 1 heterocycles. The number of rotatable bonds is 5. The first-order valence-electron chi connectivity index (χ1n) is 6.39. The van der Waals surface area contributed by atoms with Crippen LogP contribution in [0.25, 0.3) is 0 Å². The van der Waals surface area contributed by atoms with E-state index < -0.39 is 15.6 Å². The van der Waals surface area contributed by atoms with Crippen LogP contribution in [0.1, 0.15) is 33.6 Å². The van der Waals surface area contributed by atoms with Crippen molar-refractivity contribution in [2.24, 2.45) is 0 Å². The van der Waals surface area contributed by atoms with E-state index in [0.717, 1.165) is 0 Å². The van der Waals surface area contributed by atoms with E-state index in [1.807, 2.05) is 20.8 Å². The van der Waals surface area contributed by atoms with Crippen molar-refractivity contribution < 1.29 is 22.7 Å². The van der Waals surface area contributed by atoms with E-state index in [2.05, 4.69) is 4.74 Å². The lowest BCUT2D eigenvalue weighted by atomic mass is 10.1. The van der Waals surface area contributed by atoms with E-state index in [-0.39, 0.29) is 30.7 Å². The highest BCUT2D eigenvalue weighted by Crippen LogP contribution is 2.23. The van der Waals surface area contributed by atoms with Crippen molar-refractivity contribution >= 4 is 16.0 Å². The minimum Gasteiger partial charge on any atom is -0.469 e. The maximum Gasteiger partial charge on any atom is 0.305 e. The summed E-state index contributed by atoms with van der Waals surface area (Å²) in [6.45, 7) is 6.32. The Balaban J connectivity index is 2.59. The van der Waals surface area contributed by atoms with Crippen molar-refractivity contribution in [3.63, 3.8) is 0 Å². The lowest BCUT2D eigenvalue weighted by Crippen LogP contribution is -2.54. The molecule has 0 spiro atoms. The average molecular weight is 293 g/mol. The Morgan fingerprint density at radius 2 is 2.11 bits per heavy atom. The first-order chi connectivity index (χ1) is 8.66. The van der Waals surface area contributed by atoms with Crippen LogP contribution in [-0.2, 0) is 24.3 Å². The van der Waals surface area contributed by atoms with Gasteiger partial charge in [-0.1, -0.05) is 0 Å². The Bertz CT molecular complexity index is 418. The second kappa shape index (κ2) is 6.19. The fraction of sp³-hybridized carbons (Fsp3) is 0.917. The number of nitrogens with zero attached hydrogens (tertiary/aromatic N) is 1. The fourth-order valence-corrected chi connectivity index (χ4v) is 3.95. The van der Waals surface area contributed by atoms with Crippen molar-refractivity contribution in [1.29, 1.82) is 0 Å². The largest absolute Gasteiger partial charge is 0.469 e. The number of morpholine rings is 1.